The van der Waals surface area contributed by atoms with Crippen LogP contribution in [0.1, 0.15) is 82.1 Å². The molecule has 3 atom stereocenters. The van der Waals surface area contributed by atoms with Gasteiger partial charge >= 0.3 is 0 Å². The van der Waals surface area contributed by atoms with Crippen LogP contribution >= 0.6 is 0 Å². The highest BCUT2D eigenvalue weighted by Gasteiger charge is 2.29. The Hall–Kier alpha value is -4.94. The number of guanidine groups is 1. The molecule has 13 heteroatoms. The first-order valence-corrected chi connectivity index (χ1v) is 16.6. The first kappa shape index (κ1) is 39.2. The van der Waals surface area contributed by atoms with Gasteiger partial charge in [0.05, 0.1) is 0 Å². The lowest BCUT2D eigenvalue weighted by atomic mass is 10.0. The van der Waals surface area contributed by atoms with E-state index in [1.165, 1.54) is 19.1 Å². The molecule has 0 unspecified atom stereocenters. The minimum Gasteiger partial charge on any atom is -0.370 e. The van der Waals surface area contributed by atoms with E-state index in [2.05, 4.69) is 38.5 Å². The van der Waals surface area contributed by atoms with Crippen LogP contribution in [0.5, 0.6) is 0 Å². The summed E-state index contributed by atoms with van der Waals surface area (Å²) in [5, 5.41) is 14.0. The molecule has 0 aliphatic heterocycles. The maximum Gasteiger partial charge on any atom is 0.251 e. The lowest BCUT2D eigenvalue weighted by Crippen LogP contribution is -2.56. The second-order valence-corrected chi connectivity index (χ2v) is 12.1. The average Bonchev–Trinajstić information content (AvgIpc) is 3.04. The molecule has 48 heavy (non-hydrogen) atoms. The molecule has 0 spiro atoms. The monoisotopic (exact) mass is 664 g/mol. The normalized spacial score (nSPS) is 12.6. The standard InChI is InChI=1S/C35H52N8O5/c1-5-6-7-11-20-38-32(46)29(22-25-13-9-8-10-14-25)42-34(48)30(23(2)3)43-31(45)26-16-18-27(19-17-26)41-33(47)28(40-24(4)44)15-12-21-39-35(36)37/h8-10,13-14,16-19,23,28-30H,5-7,11-12,15,20-22H2,1-4H3,(H,38,46)(H,40,44)(H,41,47)(H,42,48)(H,43,45)(H4,36,37,39)/t28-,29-,30-/m0/s1. The molecule has 0 aromatic heterocycles. The lowest BCUT2D eigenvalue weighted by molar-refractivity contribution is -0.130. The molecule has 0 aliphatic carbocycles. The zero-order valence-electron chi connectivity index (χ0n) is 28.5. The summed E-state index contributed by atoms with van der Waals surface area (Å²) in [4.78, 5) is 68.3. The lowest BCUT2D eigenvalue weighted by Gasteiger charge is -2.25. The summed E-state index contributed by atoms with van der Waals surface area (Å²) in [6.45, 7) is 7.90. The molecule has 0 radical (unpaired) electrons. The Morgan fingerprint density at radius 2 is 1.46 bits per heavy atom. The maximum atomic E-state index is 13.5. The molecule has 9 N–H and O–H groups in total. The van der Waals surface area contributed by atoms with E-state index in [-0.39, 0.29) is 29.3 Å². The summed E-state index contributed by atoms with van der Waals surface area (Å²) in [6.07, 6.45) is 5.14. The molecule has 5 amide bonds. The largest absolute Gasteiger partial charge is 0.370 e. The van der Waals surface area contributed by atoms with E-state index < -0.39 is 35.8 Å². The van der Waals surface area contributed by atoms with Crippen molar-refractivity contribution in [3.63, 3.8) is 0 Å². The fraction of sp³-hybridized carbons (Fsp3) is 0.486. The number of nitrogens with one attached hydrogen (secondary N) is 5. The molecule has 0 saturated carbocycles. The topological polar surface area (TPSA) is 210 Å². The molecule has 262 valence electrons. The van der Waals surface area contributed by atoms with Crippen molar-refractivity contribution in [1.82, 2.24) is 21.3 Å². The van der Waals surface area contributed by atoms with E-state index in [1.54, 1.807) is 12.1 Å². The average molecular weight is 665 g/mol. The van der Waals surface area contributed by atoms with Gasteiger partial charge < -0.3 is 38.1 Å². The first-order valence-electron chi connectivity index (χ1n) is 16.6. The van der Waals surface area contributed by atoms with Gasteiger partial charge in [0.1, 0.15) is 18.1 Å². The summed E-state index contributed by atoms with van der Waals surface area (Å²) in [7, 11) is 0. The van der Waals surface area contributed by atoms with Crippen molar-refractivity contribution in [2.45, 2.75) is 90.8 Å². The van der Waals surface area contributed by atoms with Crippen LogP contribution in [0.15, 0.2) is 59.6 Å². The Morgan fingerprint density at radius 3 is 2.06 bits per heavy atom. The van der Waals surface area contributed by atoms with Crippen LogP contribution in [0.4, 0.5) is 5.69 Å². The second-order valence-electron chi connectivity index (χ2n) is 12.1. The molecule has 0 fully saturated rings. The van der Waals surface area contributed by atoms with Crippen molar-refractivity contribution in [2.24, 2.45) is 22.4 Å². The molecule has 13 nitrogen and oxygen atoms in total. The molecule has 2 aromatic rings. The number of rotatable bonds is 20. The smallest absolute Gasteiger partial charge is 0.251 e. The van der Waals surface area contributed by atoms with Gasteiger partial charge in [-0.25, -0.2) is 0 Å². The van der Waals surface area contributed by atoms with E-state index >= 15 is 0 Å². The summed E-state index contributed by atoms with van der Waals surface area (Å²) in [5.41, 5.74) is 12.3. The number of amides is 5. The van der Waals surface area contributed by atoms with Crippen molar-refractivity contribution in [3.05, 3.63) is 65.7 Å². The Morgan fingerprint density at radius 1 is 0.771 bits per heavy atom. The van der Waals surface area contributed by atoms with E-state index in [0.29, 0.717) is 38.0 Å². The van der Waals surface area contributed by atoms with Crippen molar-refractivity contribution in [3.8, 4) is 0 Å². The van der Waals surface area contributed by atoms with E-state index in [9.17, 15) is 24.0 Å². The van der Waals surface area contributed by atoms with Crippen LogP contribution in [0.25, 0.3) is 0 Å². The molecule has 0 heterocycles. The molecule has 2 aromatic carbocycles. The SMILES string of the molecule is CCCCCCNC(=O)[C@H](Cc1ccccc1)NC(=O)[C@@H](NC(=O)c1ccc(NC(=O)[C@H](CCCN=C(N)N)NC(C)=O)cc1)C(C)C. The third kappa shape index (κ3) is 14.7. The molecular weight excluding hydrogens is 612 g/mol. The van der Waals surface area contributed by atoms with Crippen molar-refractivity contribution < 1.29 is 24.0 Å². The number of carbonyl (C=O) groups excluding carboxylic acids is 5. The van der Waals surface area contributed by atoms with Crippen molar-refractivity contribution >= 4 is 41.2 Å². The van der Waals surface area contributed by atoms with Crippen LogP contribution in [-0.2, 0) is 25.6 Å². The zero-order chi connectivity index (χ0) is 35.5. The number of hydrogen-bond acceptors (Lipinski definition) is 6. The first-order chi connectivity index (χ1) is 22.9. The Kier molecular flexibility index (Phi) is 17.2. The number of nitrogens with zero attached hydrogens (tertiary/aromatic N) is 1. The predicted octanol–water partition coefficient (Wildman–Crippen LogP) is 2.36. The molecule has 2 rings (SSSR count). The van der Waals surface area contributed by atoms with Crippen molar-refractivity contribution in [2.75, 3.05) is 18.4 Å². The predicted molar refractivity (Wildman–Crippen MR) is 188 cm³/mol. The summed E-state index contributed by atoms with van der Waals surface area (Å²) in [5.74, 6) is -2.35. The fourth-order valence-corrected chi connectivity index (χ4v) is 4.92. The summed E-state index contributed by atoms with van der Waals surface area (Å²) >= 11 is 0. The number of aliphatic imine (C=N–C) groups is 1. The van der Waals surface area contributed by atoms with Gasteiger partial charge in [0.15, 0.2) is 5.96 Å². The summed E-state index contributed by atoms with van der Waals surface area (Å²) < 4.78 is 0. The van der Waals surface area contributed by atoms with E-state index in [4.69, 9.17) is 11.5 Å². The Labute approximate surface area is 283 Å². The third-order valence-electron chi connectivity index (χ3n) is 7.53. The molecule has 0 saturated heterocycles. The van der Waals surface area contributed by atoms with E-state index in [1.807, 2.05) is 44.2 Å². The van der Waals surface area contributed by atoms with E-state index in [0.717, 1.165) is 31.2 Å². The zero-order valence-corrected chi connectivity index (χ0v) is 28.5. The van der Waals surface area contributed by atoms with Crippen LogP contribution in [0, 0.1) is 5.92 Å². The minimum absolute atomic E-state index is 0.0526. The van der Waals surface area contributed by atoms with Crippen LogP contribution in [0.3, 0.4) is 0 Å². The van der Waals surface area contributed by atoms with Gasteiger partial charge in [-0.15, -0.1) is 0 Å². The van der Waals surface area contributed by atoms with Gasteiger partial charge in [-0.2, -0.15) is 0 Å². The van der Waals surface area contributed by atoms with Gasteiger partial charge in [-0.3, -0.25) is 29.0 Å². The third-order valence-corrected chi connectivity index (χ3v) is 7.53. The van der Waals surface area contributed by atoms with Gasteiger partial charge in [-0.05, 0) is 55.0 Å². The Bertz CT molecular complexity index is 1360. The maximum absolute atomic E-state index is 13.5. The van der Waals surface area contributed by atoms with Gasteiger partial charge in [0, 0.05) is 37.7 Å². The summed E-state index contributed by atoms with van der Waals surface area (Å²) in [6, 6.07) is 13.1. The highest BCUT2D eigenvalue weighted by molar-refractivity contribution is 6.00. The van der Waals surface area contributed by atoms with Crippen LogP contribution < -0.4 is 38.1 Å². The molecule has 0 bridgehead atoms. The van der Waals surface area contributed by atoms with Crippen LogP contribution in [0.2, 0.25) is 0 Å². The number of benzene rings is 2. The fourth-order valence-electron chi connectivity index (χ4n) is 4.92. The number of hydrogen-bond donors (Lipinski definition) is 7. The number of anilines is 1. The minimum atomic E-state index is -0.912. The van der Waals surface area contributed by atoms with Gasteiger partial charge in [0.2, 0.25) is 23.6 Å². The second kappa shape index (κ2) is 21.0. The van der Waals surface area contributed by atoms with Crippen molar-refractivity contribution in [1.29, 1.82) is 0 Å². The molecular formula is C35H52N8O5. The number of carbonyl (C=O) groups is 5. The number of unbranched alkanes of at least 4 members (excludes halogenated alkanes) is 3. The van der Waals surface area contributed by atoms with Crippen LogP contribution in [-0.4, -0.2) is 66.7 Å². The molecule has 0 aliphatic rings. The van der Waals surface area contributed by atoms with Gasteiger partial charge in [0.25, 0.3) is 5.91 Å². The highest BCUT2D eigenvalue weighted by atomic mass is 16.2. The Balaban J connectivity index is 2.07. The van der Waals surface area contributed by atoms with Gasteiger partial charge in [-0.1, -0.05) is 70.4 Å². The number of nitrogens with two attached hydrogens (primary N) is 2. The quantitative estimate of drug-likeness (QED) is 0.0638. The highest BCUT2D eigenvalue weighted by Crippen LogP contribution is 2.13.